The second-order valence-corrected chi connectivity index (χ2v) is 15.6. The molecule has 0 aliphatic carbocycles. The first-order valence-electron chi connectivity index (χ1n) is 18.6. The van der Waals surface area contributed by atoms with Gasteiger partial charge in [-0.2, -0.15) is 5.10 Å². The lowest BCUT2D eigenvalue weighted by Crippen LogP contribution is -2.52. The molecule has 0 spiro atoms. The third-order valence-electron chi connectivity index (χ3n) is 10.4. The van der Waals surface area contributed by atoms with E-state index in [1.54, 1.807) is 28.5 Å². The molecule has 1 unspecified atom stereocenters. The van der Waals surface area contributed by atoms with Gasteiger partial charge in [-0.1, -0.05) is 41.6 Å². The Bertz CT molecular complexity index is 2680. The minimum absolute atomic E-state index is 0.197. The third kappa shape index (κ3) is 7.02. The predicted octanol–water partition coefficient (Wildman–Crippen LogP) is 5.21. The molecule has 4 aromatic heterocycles. The fourth-order valence-corrected chi connectivity index (χ4v) is 8.91. The molecule has 0 bridgehead atoms. The van der Waals surface area contributed by atoms with Crippen LogP contribution >= 0.6 is 22.9 Å². The van der Waals surface area contributed by atoms with Crippen LogP contribution in [0.5, 0.6) is 0 Å². The van der Waals surface area contributed by atoms with Gasteiger partial charge < -0.3 is 14.8 Å². The first kappa shape index (κ1) is 36.3. The quantitative estimate of drug-likeness (QED) is 0.149. The normalized spacial score (nSPS) is 16.0. The summed E-state index contributed by atoms with van der Waals surface area (Å²) in [6.45, 7) is 6.71. The number of fused-ring (bicyclic) bond motifs is 4. The number of benzene rings is 2. The van der Waals surface area contributed by atoms with Gasteiger partial charge in [-0.25, -0.2) is 4.98 Å². The molecular weight excluding hydrogens is 762 g/mol. The second kappa shape index (κ2) is 14.9. The van der Waals surface area contributed by atoms with Crippen LogP contribution in [0.25, 0.3) is 5.00 Å². The molecule has 3 aliphatic rings. The molecule has 1 fully saturated rings. The number of thiophene rings is 1. The molecule has 3 aliphatic heterocycles. The van der Waals surface area contributed by atoms with Crippen molar-refractivity contribution in [3.8, 4) is 16.8 Å². The van der Waals surface area contributed by atoms with Crippen LogP contribution in [0.1, 0.15) is 79.7 Å². The highest BCUT2D eigenvalue weighted by Crippen LogP contribution is 2.37. The number of piperidine rings is 1. The predicted molar refractivity (Wildman–Crippen MR) is 214 cm³/mol. The number of amides is 3. The van der Waals surface area contributed by atoms with E-state index < -0.39 is 11.9 Å². The molecule has 2 aromatic carbocycles. The van der Waals surface area contributed by atoms with Crippen molar-refractivity contribution < 1.29 is 14.4 Å². The molecule has 16 heteroatoms. The minimum Gasteiger partial charge on any atom is -0.379 e. The zero-order chi connectivity index (χ0) is 39.2. The number of imide groups is 1. The largest absolute Gasteiger partial charge is 0.379 e. The number of carbonyl (C=O) groups excluding carboxylic acids is 3. The minimum atomic E-state index is -0.653. The number of imidazole rings is 1. The van der Waals surface area contributed by atoms with E-state index >= 15 is 0 Å². The summed E-state index contributed by atoms with van der Waals surface area (Å²) in [4.78, 5) is 49.4. The Labute approximate surface area is 336 Å². The van der Waals surface area contributed by atoms with Crippen LogP contribution in [0, 0.1) is 25.7 Å². The van der Waals surface area contributed by atoms with Gasteiger partial charge in [-0.3, -0.25) is 33.9 Å². The molecule has 1 atom stereocenters. The zero-order valence-electron chi connectivity index (χ0n) is 31.1. The molecule has 9 rings (SSSR count). The average molecular weight is 798 g/mol. The third-order valence-corrected chi connectivity index (χ3v) is 11.9. The summed E-state index contributed by atoms with van der Waals surface area (Å²) in [6, 6.07) is 12.6. The number of anilines is 1. The average Bonchev–Trinajstić information content (AvgIpc) is 4.03. The highest BCUT2D eigenvalue weighted by Gasteiger charge is 2.40. The number of hydrogen-bond acceptors (Lipinski definition) is 10. The molecule has 1 saturated heterocycles. The lowest BCUT2D eigenvalue weighted by Gasteiger charge is -2.29. The lowest BCUT2D eigenvalue weighted by molar-refractivity contribution is -0.136. The zero-order valence-corrected chi connectivity index (χ0v) is 32.7. The molecule has 57 heavy (non-hydrogen) atoms. The van der Waals surface area contributed by atoms with Crippen molar-refractivity contribution in [3.05, 3.63) is 128 Å². The Kier molecular flexibility index (Phi) is 9.51. The van der Waals surface area contributed by atoms with Crippen molar-refractivity contribution in [2.24, 2.45) is 4.99 Å². The van der Waals surface area contributed by atoms with E-state index in [0.717, 1.165) is 79.4 Å². The summed E-state index contributed by atoms with van der Waals surface area (Å²) in [5, 5.41) is 20.8. The highest BCUT2D eigenvalue weighted by molar-refractivity contribution is 7.15. The number of aromatic nitrogens is 7. The maximum atomic E-state index is 13.2. The monoisotopic (exact) mass is 797 g/mol. The van der Waals surface area contributed by atoms with Crippen molar-refractivity contribution in [3.63, 3.8) is 0 Å². The molecule has 3 amide bonds. The lowest BCUT2D eigenvalue weighted by atomic mass is 10.00. The first-order valence-corrected chi connectivity index (χ1v) is 19.8. The summed E-state index contributed by atoms with van der Waals surface area (Å²) in [5.41, 5.74) is 7.88. The van der Waals surface area contributed by atoms with E-state index in [4.69, 9.17) is 16.6 Å². The van der Waals surface area contributed by atoms with Crippen LogP contribution in [-0.2, 0) is 42.3 Å². The van der Waals surface area contributed by atoms with Gasteiger partial charge in [0.1, 0.15) is 23.4 Å². The molecular formula is C41H36ClN11O3S. The molecule has 7 heterocycles. The summed E-state index contributed by atoms with van der Waals surface area (Å²) < 4.78 is 6.05. The van der Waals surface area contributed by atoms with Crippen molar-refractivity contribution >= 4 is 52.1 Å². The number of aryl methyl sites for hydroxylation is 3. The number of halogens is 1. The molecule has 0 radical (unpaired) electrons. The number of rotatable bonds is 9. The Balaban J connectivity index is 0.822. The highest BCUT2D eigenvalue weighted by atomic mass is 35.5. The van der Waals surface area contributed by atoms with Crippen LogP contribution in [0.3, 0.4) is 0 Å². The van der Waals surface area contributed by atoms with Gasteiger partial charge in [0.15, 0.2) is 5.82 Å². The number of aliphatic imine (C=N–C) groups is 1. The van der Waals surface area contributed by atoms with E-state index in [1.165, 1.54) is 0 Å². The fraction of sp³-hybridized carbons (Fsp3) is 0.268. The number of nitrogens with one attached hydrogen (secondary N) is 2. The Hall–Kier alpha value is -6.37. The standard InChI is InChI=1S/C41H36ClN11O3S/c1-24-34(57-41-37(24)38(27-8-10-28(42)11-9-27)44-19-35-49-48-25(2)53(35)41)13-7-26-17-46-51(20-26)16-4-15-50-21-29(45-23-50)18-43-32-6-3-5-30-31(32)22-52(40(30)56)33-12-14-36(54)47-39(33)55/h3,5-6,8-11,17,20-21,23,33,43H,4,12,14-16,18-19,22H2,1-2H3,(H,47,54,55). The van der Waals surface area contributed by atoms with Crippen molar-refractivity contribution in [1.82, 2.24) is 44.3 Å². The summed E-state index contributed by atoms with van der Waals surface area (Å²) in [7, 11) is 0. The Morgan fingerprint density at radius 2 is 1.89 bits per heavy atom. The van der Waals surface area contributed by atoms with Gasteiger partial charge in [-0.15, -0.1) is 21.5 Å². The molecule has 14 nitrogen and oxygen atoms in total. The van der Waals surface area contributed by atoms with E-state index in [-0.39, 0.29) is 18.2 Å². The SMILES string of the molecule is Cc1c(C#Cc2cnn(CCCn3cnc(CNc4cccc5c4CN(C4CCC(=O)NC4=O)C5=O)c3)c2)sc2c1C(c1ccc(Cl)cc1)=NCc1nnc(C)n1-2. The molecule has 0 saturated carbocycles. The molecule has 2 N–H and O–H groups in total. The van der Waals surface area contributed by atoms with E-state index in [9.17, 15) is 14.4 Å². The summed E-state index contributed by atoms with van der Waals surface area (Å²) in [5.74, 6) is 7.41. The topological polar surface area (TPSA) is 157 Å². The van der Waals surface area contributed by atoms with Crippen molar-refractivity contribution in [2.75, 3.05) is 5.32 Å². The fourth-order valence-electron chi connectivity index (χ4n) is 7.55. The van der Waals surface area contributed by atoms with Crippen LogP contribution in [-0.4, -0.2) is 68.5 Å². The number of nitrogens with zero attached hydrogens (tertiary/aromatic N) is 9. The van der Waals surface area contributed by atoms with Crippen LogP contribution < -0.4 is 10.6 Å². The smallest absolute Gasteiger partial charge is 0.255 e. The Morgan fingerprint density at radius 3 is 2.74 bits per heavy atom. The maximum absolute atomic E-state index is 13.2. The molecule has 286 valence electrons. The van der Waals surface area contributed by atoms with Gasteiger partial charge in [0.25, 0.3) is 5.91 Å². The van der Waals surface area contributed by atoms with E-state index in [0.29, 0.717) is 43.2 Å². The first-order chi connectivity index (χ1) is 27.7. The number of carbonyl (C=O) groups is 3. The van der Waals surface area contributed by atoms with Gasteiger partial charge in [0.2, 0.25) is 11.8 Å². The van der Waals surface area contributed by atoms with Gasteiger partial charge in [0.05, 0.1) is 40.9 Å². The van der Waals surface area contributed by atoms with Crippen LogP contribution in [0.4, 0.5) is 5.69 Å². The van der Waals surface area contributed by atoms with Crippen LogP contribution in [0.2, 0.25) is 5.02 Å². The maximum Gasteiger partial charge on any atom is 0.255 e. The summed E-state index contributed by atoms with van der Waals surface area (Å²) >= 11 is 7.82. The summed E-state index contributed by atoms with van der Waals surface area (Å²) in [6.07, 6.45) is 8.98. The number of hydrogen-bond donors (Lipinski definition) is 2. The van der Waals surface area contributed by atoms with Crippen molar-refractivity contribution in [1.29, 1.82) is 0 Å². The second-order valence-electron chi connectivity index (χ2n) is 14.2. The Morgan fingerprint density at radius 1 is 1.04 bits per heavy atom. The van der Waals surface area contributed by atoms with Crippen LogP contribution in [0.15, 0.2) is 72.4 Å². The van der Waals surface area contributed by atoms with E-state index in [2.05, 4.69) is 58.8 Å². The van der Waals surface area contributed by atoms with E-state index in [1.807, 2.05) is 66.7 Å². The van der Waals surface area contributed by atoms with Gasteiger partial charge in [0, 0.05) is 71.4 Å². The molecule has 6 aromatic rings. The van der Waals surface area contributed by atoms with Gasteiger partial charge >= 0.3 is 0 Å². The van der Waals surface area contributed by atoms with Crippen molar-refractivity contribution in [2.45, 2.75) is 71.9 Å². The van der Waals surface area contributed by atoms with Gasteiger partial charge in [-0.05, 0) is 56.5 Å².